The minimum atomic E-state index is 0.181. The molecule has 3 heteroatoms. The average molecular weight is 215 g/mol. The van der Waals surface area contributed by atoms with Crippen LogP contribution in [0.2, 0.25) is 0 Å². The van der Waals surface area contributed by atoms with Gasteiger partial charge in [0, 0.05) is 26.6 Å². The Morgan fingerprint density at radius 3 is 2.53 bits per heavy atom. The molecule has 0 aliphatic carbocycles. The Hall–Kier alpha value is -0.570. The summed E-state index contributed by atoms with van der Waals surface area (Å²) in [6.45, 7) is 8.48. The zero-order valence-electron chi connectivity index (χ0n) is 10.6. The van der Waals surface area contributed by atoms with Crippen LogP contribution in [0, 0.1) is 5.92 Å². The van der Waals surface area contributed by atoms with Crippen LogP contribution < -0.4 is 0 Å². The summed E-state index contributed by atoms with van der Waals surface area (Å²) < 4.78 is 5.46. The van der Waals surface area contributed by atoms with E-state index in [9.17, 15) is 4.79 Å². The molecule has 0 aromatic carbocycles. The first-order chi connectivity index (χ1) is 7.07. The minimum absolute atomic E-state index is 0.181. The van der Waals surface area contributed by atoms with E-state index in [1.54, 1.807) is 4.90 Å². The van der Waals surface area contributed by atoms with E-state index >= 15 is 0 Å². The van der Waals surface area contributed by atoms with Gasteiger partial charge in [0.1, 0.15) is 0 Å². The predicted octanol–water partition coefficient (Wildman–Crippen LogP) is 2.31. The molecular weight excluding hydrogens is 190 g/mol. The van der Waals surface area contributed by atoms with E-state index < -0.39 is 0 Å². The SMILES string of the molecule is CCC(=O)N(C)CCOCCCC(C)C. The van der Waals surface area contributed by atoms with Crippen LogP contribution in [0.1, 0.15) is 40.0 Å². The van der Waals surface area contributed by atoms with E-state index in [2.05, 4.69) is 13.8 Å². The molecule has 0 spiro atoms. The molecule has 0 unspecified atom stereocenters. The molecule has 0 aliphatic rings. The van der Waals surface area contributed by atoms with Crippen LogP contribution in [0.25, 0.3) is 0 Å². The molecule has 15 heavy (non-hydrogen) atoms. The van der Waals surface area contributed by atoms with E-state index in [1.165, 1.54) is 6.42 Å². The summed E-state index contributed by atoms with van der Waals surface area (Å²) in [5, 5.41) is 0. The van der Waals surface area contributed by atoms with Crippen LogP contribution in [0.5, 0.6) is 0 Å². The van der Waals surface area contributed by atoms with Crippen molar-refractivity contribution in [2.24, 2.45) is 5.92 Å². The number of carbonyl (C=O) groups excluding carboxylic acids is 1. The van der Waals surface area contributed by atoms with Crippen LogP contribution >= 0.6 is 0 Å². The zero-order chi connectivity index (χ0) is 11.7. The average Bonchev–Trinajstić information content (AvgIpc) is 2.21. The lowest BCUT2D eigenvalue weighted by Crippen LogP contribution is -2.29. The highest BCUT2D eigenvalue weighted by atomic mass is 16.5. The van der Waals surface area contributed by atoms with Gasteiger partial charge in [-0.05, 0) is 18.8 Å². The van der Waals surface area contributed by atoms with Crippen LogP contribution in [0.15, 0.2) is 0 Å². The van der Waals surface area contributed by atoms with Crippen LogP contribution in [-0.4, -0.2) is 37.6 Å². The Morgan fingerprint density at radius 1 is 1.33 bits per heavy atom. The third-order valence-corrected chi connectivity index (χ3v) is 2.37. The second kappa shape index (κ2) is 8.72. The van der Waals surface area contributed by atoms with E-state index in [4.69, 9.17) is 4.74 Å². The number of rotatable bonds is 8. The molecule has 0 aliphatic heterocycles. The van der Waals surface area contributed by atoms with E-state index in [0.717, 1.165) is 18.9 Å². The Balaban J connectivity index is 3.27. The maximum absolute atomic E-state index is 11.2. The van der Waals surface area contributed by atoms with Gasteiger partial charge < -0.3 is 9.64 Å². The lowest BCUT2D eigenvalue weighted by molar-refractivity contribution is -0.130. The lowest BCUT2D eigenvalue weighted by atomic mass is 10.1. The molecular formula is C12H25NO2. The van der Waals surface area contributed by atoms with Gasteiger partial charge in [0.25, 0.3) is 0 Å². The van der Waals surface area contributed by atoms with Gasteiger partial charge in [-0.1, -0.05) is 20.8 Å². The maximum Gasteiger partial charge on any atom is 0.222 e. The molecule has 0 fully saturated rings. The quantitative estimate of drug-likeness (QED) is 0.581. The van der Waals surface area contributed by atoms with Gasteiger partial charge in [-0.25, -0.2) is 0 Å². The van der Waals surface area contributed by atoms with Gasteiger partial charge in [-0.15, -0.1) is 0 Å². The number of likely N-dealkylation sites (N-methyl/N-ethyl adjacent to an activating group) is 1. The Morgan fingerprint density at radius 2 is 2.00 bits per heavy atom. The summed E-state index contributed by atoms with van der Waals surface area (Å²) >= 11 is 0. The van der Waals surface area contributed by atoms with Crippen molar-refractivity contribution in [2.45, 2.75) is 40.0 Å². The van der Waals surface area contributed by atoms with Crippen molar-refractivity contribution >= 4 is 5.91 Å². The first kappa shape index (κ1) is 14.4. The van der Waals surface area contributed by atoms with Crippen LogP contribution in [0.4, 0.5) is 0 Å². The predicted molar refractivity (Wildman–Crippen MR) is 62.8 cm³/mol. The number of nitrogens with zero attached hydrogens (tertiary/aromatic N) is 1. The van der Waals surface area contributed by atoms with Crippen LogP contribution in [0.3, 0.4) is 0 Å². The fraction of sp³-hybridized carbons (Fsp3) is 0.917. The van der Waals surface area contributed by atoms with Gasteiger partial charge in [0.2, 0.25) is 5.91 Å². The molecule has 3 nitrogen and oxygen atoms in total. The lowest BCUT2D eigenvalue weighted by Gasteiger charge is -2.16. The summed E-state index contributed by atoms with van der Waals surface area (Å²) in [4.78, 5) is 12.9. The van der Waals surface area contributed by atoms with Crippen molar-refractivity contribution in [3.8, 4) is 0 Å². The number of hydrogen-bond acceptors (Lipinski definition) is 2. The fourth-order valence-corrected chi connectivity index (χ4v) is 1.29. The molecule has 0 saturated heterocycles. The molecule has 90 valence electrons. The van der Waals surface area contributed by atoms with E-state index in [0.29, 0.717) is 19.6 Å². The Kier molecular flexibility index (Phi) is 8.38. The molecule has 0 radical (unpaired) electrons. The third kappa shape index (κ3) is 8.43. The van der Waals surface area contributed by atoms with Crippen LogP contribution in [-0.2, 0) is 9.53 Å². The molecule has 0 bridgehead atoms. The standard InChI is InChI=1S/C12H25NO2/c1-5-12(14)13(4)8-10-15-9-6-7-11(2)3/h11H,5-10H2,1-4H3. The Labute approximate surface area is 93.8 Å². The monoisotopic (exact) mass is 215 g/mol. The highest BCUT2D eigenvalue weighted by Crippen LogP contribution is 2.02. The Bertz CT molecular complexity index is 169. The molecule has 0 aromatic rings. The normalized spacial score (nSPS) is 10.7. The summed E-state index contributed by atoms with van der Waals surface area (Å²) in [7, 11) is 1.82. The third-order valence-electron chi connectivity index (χ3n) is 2.37. The topological polar surface area (TPSA) is 29.5 Å². The minimum Gasteiger partial charge on any atom is -0.380 e. The van der Waals surface area contributed by atoms with Gasteiger partial charge in [0.15, 0.2) is 0 Å². The number of ether oxygens (including phenoxy) is 1. The van der Waals surface area contributed by atoms with Gasteiger partial charge in [0.05, 0.1) is 6.61 Å². The number of carbonyl (C=O) groups is 1. The first-order valence-corrected chi connectivity index (χ1v) is 5.89. The van der Waals surface area contributed by atoms with E-state index in [1.807, 2.05) is 14.0 Å². The van der Waals surface area contributed by atoms with Crippen molar-refractivity contribution in [2.75, 3.05) is 26.8 Å². The van der Waals surface area contributed by atoms with Crippen molar-refractivity contribution in [1.29, 1.82) is 0 Å². The van der Waals surface area contributed by atoms with Crippen molar-refractivity contribution in [3.05, 3.63) is 0 Å². The summed E-state index contributed by atoms with van der Waals surface area (Å²) in [6, 6.07) is 0. The molecule has 1 amide bonds. The van der Waals surface area contributed by atoms with E-state index in [-0.39, 0.29) is 5.91 Å². The molecule has 0 saturated carbocycles. The van der Waals surface area contributed by atoms with Gasteiger partial charge in [-0.3, -0.25) is 4.79 Å². The van der Waals surface area contributed by atoms with Crippen molar-refractivity contribution in [1.82, 2.24) is 4.90 Å². The maximum atomic E-state index is 11.2. The molecule has 0 atom stereocenters. The highest BCUT2D eigenvalue weighted by molar-refractivity contribution is 5.75. The van der Waals surface area contributed by atoms with Crippen molar-refractivity contribution in [3.63, 3.8) is 0 Å². The number of amides is 1. The fourth-order valence-electron chi connectivity index (χ4n) is 1.29. The smallest absolute Gasteiger partial charge is 0.222 e. The summed E-state index contributed by atoms with van der Waals surface area (Å²) in [5.74, 6) is 0.929. The molecule has 0 rings (SSSR count). The largest absolute Gasteiger partial charge is 0.380 e. The molecule has 0 N–H and O–H groups in total. The first-order valence-electron chi connectivity index (χ1n) is 5.89. The highest BCUT2D eigenvalue weighted by Gasteiger charge is 2.04. The second-order valence-electron chi connectivity index (χ2n) is 4.32. The summed E-state index contributed by atoms with van der Waals surface area (Å²) in [6.07, 6.45) is 2.90. The molecule has 0 aromatic heterocycles. The van der Waals surface area contributed by atoms with Gasteiger partial charge >= 0.3 is 0 Å². The zero-order valence-corrected chi connectivity index (χ0v) is 10.6. The van der Waals surface area contributed by atoms with Gasteiger partial charge in [-0.2, -0.15) is 0 Å². The second-order valence-corrected chi connectivity index (χ2v) is 4.32. The summed E-state index contributed by atoms with van der Waals surface area (Å²) in [5.41, 5.74) is 0. The van der Waals surface area contributed by atoms with Crippen molar-refractivity contribution < 1.29 is 9.53 Å². The number of hydrogen-bond donors (Lipinski definition) is 0. The molecule has 0 heterocycles.